The molecule has 6 heteroatoms. The van der Waals surface area contributed by atoms with E-state index in [0.29, 0.717) is 4.47 Å². The number of nitrogens with one attached hydrogen (secondary N) is 1. The summed E-state index contributed by atoms with van der Waals surface area (Å²) in [4.78, 5) is 11.9. The predicted octanol–water partition coefficient (Wildman–Crippen LogP) is 3.56. The zero-order chi connectivity index (χ0) is 14.0. The van der Waals surface area contributed by atoms with E-state index in [2.05, 4.69) is 21.2 Å². The van der Waals surface area contributed by atoms with Crippen molar-refractivity contribution >= 4 is 33.2 Å². The van der Waals surface area contributed by atoms with Gasteiger partial charge in [-0.15, -0.1) is 0 Å². The smallest absolute Gasteiger partial charge is 0.258 e. The van der Waals surface area contributed by atoms with E-state index in [0.717, 1.165) is 12.1 Å². The van der Waals surface area contributed by atoms with E-state index < -0.39 is 17.5 Å². The molecule has 19 heavy (non-hydrogen) atoms. The first-order valence-electron chi connectivity index (χ1n) is 5.29. The number of rotatable bonds is 2. The normalized spacial score (nSPS) is 10.3. The van der Waals surface area contributed by atoms with Crippen LogP contribution in [0.15, 0.2) is 40.9 Å². The monoisotopic (exact) mass is 326 g/mol. The molecule has 2 aromatic rings. The minimum Gasteiger partial charge on any atom is -0.399 e. The molecule has 0 spiro atoms. The number of nitrogens with two attached hydrogens (primary N) is 1. The molecule has 0 heterocycles. The van der Waals surface area contributed by atoms with E-state index in [1.807, 2.05) is 0 Å². The molecule has 0 fully saturated rings. The lowest BCUT2D eigenvalue weighted by Crippen LogP contribution is -2.14. The third-order valence-electron chi connectivity index (χ3n) is 2.41. The third kappa shape index (κ3) is 3.08. The molecule has 0 saturated heterocycles. The molecule has 0 saturated carbocycles. The zero-order valence-corrected chi connectivity index (χ0v) is 11.2. The highest BCUT2D eigenvalue weighted by Gasteiger charge is 2.14. The van der Waals surface area contributed by atoms with E-state index in [4.69, 9.17) is 5.73 Å². The minimum absolute atomic E-state index is 0.198. The molecule has 0 aliphatic heterocycles. The van der Waals surface area contributed by atoms with Gasteiger partial charge in [0.2, 0.25) is 0 Å². The molecule has 3 N–H and O–H groups in total. The Morgan fingerprint density at radius 1 is 1.16 bits per heavy atom. The molecule has 0 aromatic heterocycles. The van der Waals surface area contributed by atoms with Crippen LogP contribution in [0.3, 0.4) is 0 Å². The maximum Gasteiger partial charge on any atom is 0.258 e. The number of hydrogen-bond donors (Lipinski definition) is 2. The molecular formula is C13H9BrF2N2O. The van der Waals surface area contributed by atoms with Gasteiger partial charge in [-0.25, -0.2) is 8.78 Å². The minimum atomic E-state index is -0.698. The van der Waals surface area contributed by atoms with Gasteiger partial charge >= 0.3 is 0 Å². The Labute approximate surface area is 116 Å². The van der Waals surface area contributed by atoms with Crippen LogP contribution in [0.25, 0.3) is 0 Å². The van der Waals surface area contributed by atoms with Crippen LogP contribution < -0.4 is 11.1 Å². The Kier molecular flexibility index (Phi) is 3.80. The standard InChI is InChI=1S/C13H9BrF2N2O/c14-10-3-1-7(15)5-12(10)18-13(19)9-6-8(17)2-4-11(9)16/h1-6H,17H2,(H,18,19). The zero-order valence-electron chi connectivity index (χ0n) is 9.58. The molecule has 3 nitrogen and oxygen atoms in total. The molecule has 2 aromatic carbocycles. The molecule has 98 valence electrons. The van der Waals surface area contributed by atoms with Crippen LogP contribution in [0.4, 0.5) is 20.2 Å². The van der Waals surface area contributed by atoms with Crippen molar-refractivity contribution < 1.29 is 13.6 Å². The lowest BCUT2D eigenvalue weighted by molar-refractivity contribution is 0.102. The van der Waals surface area contributed by atoms with Crippen molar-refractivity contribution in [3.63, 3.8) is 0 Å². The Morgan fingerprint density at radius 3 is 2.63 bits per heavy atom. The second-order valence-corrected chi connectivity index (χ2v) is 4.67. The lowest BCUT2D eigenvalue weighted by Gasteiger charge is -2.08. The number of carbonyl (C=O) groups is 1. The summed E-state index contributed by atoms with van der Waals surface area (Å²) in [5, 5.41) is 2.41. The fourth-order valence-corrected chi connectivity index (χ4v) is 1.85. The molecule has 0 aliphatic carbocycles. The number of carbonyl (C=O) groups excluding carboxylic acids is 1. The fourth-order valence-electron chi connectivity index (χ4n) is 1.50. The van der Waals surface area contributed by atoms with Crippen LogP contribution >= 0.6 is 15.9 Å². The first kappa shape index (κ1) is 13.5. The molecule has 0 radical (unpaired) electrons. The van der Waals surface area contributed by atoms with Crippen molar-refractivity contribution in [3.05, 3.63) is 58.1 Å². The lowest BCUT2D eigenvalue weighted by atomic mass is 10.1. The Balaban J connectivity index is 2.30. The van der Waals surface area contributed by atoms with Crippen LogP contribution in [0, 0.1) is 11.6 Å². The fraction of sp³-hybridized carbons (Fsp3) is 0. The largest absolute Gasteiger partial charge is 0.399 e. The maximum atomic E-state index is 13.5. The summed E-state index contributed by atoms with van der Waals surface area (Å²) in [7, 11) is 0. The van der Waals surface area contributed by atoms with Crippen LogP contribution in [-0.4, -0.2) is 5.91 Å². The molecule has 1 amide bonds. The van der Waals surface area contributed by atoms with Crippen LogP contribution in [0.2, 0.25) is 0 Å². The van der Waals surface area contributed by atoms with Gasteiger partial charge in [-0.05, 0) is 52.3 Å². The molecule has 0 unspecified atom stereocenters. The number of anilines is 2. The number of benzene rings is 2. The summed E-state index contributed by atoms with van der Waals surface area (Å²) in [5.74, 6) is -1.90. The first-order valence-corrected chi connectivity index (χ1v) is 6.08. The Bertz CT molecular complexity index is 647. The van der Waals surface area contributed by atoms with Crippen molar-refractivity contribution in [2.45, 2.75) is 0 Å². The van der Waals surface area contributed by atoms with Crippen LogP contribution in [0.1, 0.15) is 10.4 Å². The molecule has 0 bridgehead atoms. The van der Waals surface area contributed by atoms with E-state index in [1.165, 1.54) is 24.3 Å². The van der Waals surface area contributed by atoms with Crippen molar-refractivity contribution in [1.82, 2.24) is 0 Å². The molecule has 0 aliphatic rings. The summed E-state index contributed by atoms with van der Waals surface area (Å²) < 4.78 is 27.1. The van der Waals surface area contributed by atoms with Crippen LogP contribution in [0.5, 0.6) is 0 Å². The van der Waals surface area contributed by atoms with E-state index in [1.54, 1.807) is 0 Å². The first-order chi connectivity index (χ1) is 8.97. The van der Waals surface area contributed by atoms with E-state index in [-0.39, 0.29) is 16.9 Å². The van der Waals surface area contributed by atoms with Crippen LogP contribution in [-0.2, 0) is 0 Å². The van der Waals surface area contributed by atoms with E-state index >= 15 is 0 Å². The summed E-state index contributed by atoms with van der Waals surface area (Å²) in [5.41, 5.74) is 5.78. The highest BCUT2D eigenvalue weighted by Crippen LogP contribution is 2.24. The number of nitrogen functional groups attached to an aromatic ring is 1. The number of amides is 1. The van der Waals surface area contributed by atoms with Gasteiger partial charge in [-0.3, -0.25) is 4.79 Å². The van der Waals surface area contributed by atoms with E-state index in [9.17, 15) is 13.6 Å². The topological polar surface area (TPSA) is 55.1 Å². The average molecular weight is 327 g/mol. The Hall–Kier alpha value is -1.95. The van der Waals surface area contributed by atoms with Crippen molar-refractivity contribution in [2.24, 2.45) is 0 Å². The van der Waals surface area contributed by atoms with Gasteiger partial charge in [-0.2, -0.15) is 0 Å². The number of halogens is 3. The van der Waals surface area contributed by atoms with Gasteiger partial charge in [0.05, 0.1) is 11.3 Å². The highest BCUT2D eigenvalue weighted by molar-refractivity contribution is 9.10. The highest BCUT2D eigenvalue weighted by atomic mass is 79.9. The summed E-state index contributed by atoms with van der Waals surface area (Å²) >= 11 is 3.16. The molecule has 2 rings (SSSR count). The SMILES string of the molecule is Nc1ccc(F)c(C(=O)Nc2cc(F)ccc2Br)c1. The van der Waals surface area contributed by atoms with Gasteiger partial charge in [0.1, 0.15) is 11.6 Å². The van der Waals surface area contributed by atoms with Crippen molar-refractivity contribution in [1.29, 1.82) is 0 Å². The second kappa shape index (κ2) is 5.36. The quantitative estimate of drug-likeness (QED) is 0.829. The van der Waals surface area contributed by atoms with Gasteiger partial charge in [0.25, 0.3) is 5.91 Å². The van der Waals surface area contributed by atoms with Gasteiger partial charge in [0, 0.05) is 10.2 Å². The van der Waals surface area contributed by atoms with Gasteiger partial charge in [0.15, 0.2) is 0 Å². The summed E-state index contributed by atoms with van der Waals surface area (Å²) in [6.07, 6.45) is 0. The molecule has 0 atom stereocenters. The van der Waals surface area contributed by atoms with Gasteiger partial charge < -0.3 is 11.1 Å². The average Bonchev–Trinajstić information content (AvgIpc) is 2.36. The maximum absolute atomic E-state index is 13.5. The second-order valence-electron chi connectivity index (χ2n) is 3.82. The number of hydrogen-bond acceptors (Lipinski definition) is 2. The summed E-state index contributed by atoms with van der Waals surface area (Å²) in [6.45, 7) is 0. The Morgan fingerprint density at radius 2 is 1.89 bits per heavy atom. The third-order valence-corrected chi connectivity index (χ3v) is 3.10. The van der Waals surface area contributed by atoms with Crippen molar-refractivity contribution in [3.8, 4) is 0 Å². The summed E-state index contributed by atoms with van der Waals surface area (Å²) in [6, 6.07) is 7.49. The van der Waals surface area contributed by atoms with Crippen molar-refractivity contribution in [2.75, 3.05) is 11.1 Å². The predicted molar refractivity (Wildman–Crippen MR) is 72.9 cm³/mol. The molecular weight excluding hydrogens is 318 g/mol. The van der Waals surface area contributed by atoms with Gasteiger partial charge in [-0.1, -0.05) is 0 Å².